The van der Waals surface area contributed by atoms with Crippen LogP contribution in [-0.2, 0) is 4.74 Å². The number of nitrogens with one attached hydrogen (secondary N) is 1. The smallest absolute Gasteiger partial charge is 0.141 e. The fourth-order valence-electron chi connectivity index (χ4n) is 2.63. The van der Waals surface area contributed by atoms with Gasteiger partial charge in [-0.05, 0) is 37.9 Å². The van der Waals surface area contributed by atoms with Gasteiger partial charge in [0.15, 0.2) is 0 Å². The summed E-state index contributed by atoms with van der Waals surface area (Å²) in [5, 5.41) is 3.42. The number of aromatic nitrogens is 1. The Labute approximate surface area is 115 Å². The normalized spacial score (nSPS) is 13.5. The molecule has 1 heterocycles. The second-order valence-corrected chi connectivity index (χ2v) is 4.63. The van der Waals surface area contributed by atoms with Crippen LogP contribution in [0.1, 0.15) is 52.1 Å². The third kappa shape index (κ3) is 3.74. The van der Waals surface area contributed by atoms with Gasteiger partial charge in [-0.15, -0.1) is 0 Å². The topological polar surface area (TPSA) is 34.2 Å². The Hall–Kier alpha value is -1.00. The van der Waals surface area contributed by atoms with Gasteiger partial charge in [-0.1, -0.05) is 20.8 Å². The van der Waals surface area contributed by atoms with Crippen molar-refractivity contribution in [1.82, 2.24) is 10.3 Å². The Morgan fingerprint density at radius 3 is 2.42 bits per heavy atom. The highest BCUT2D eigenvalue weighted by atomic mass is 19.1. The Kier molecular flexibility index (Phi) is 6.38. The van der Waals surface area contributed by atoms with Crippen molar-refractivity contribution in [1.29, 1.82) is 0 Å². The second kappa shape index (κ2) is 7.56. The van der Waals surface area contributed by atoms with Crippen LogP contribution in [0.15, 0.2) is 18.5 Å². The van der Waals surface area contributed by atoms with Crippen LogP contribution in [0.5, 0.6) is 0 Å². The molecule has 0 aromatic carbocycles. The van der Waals surface area contributed by atoms with Crippen molar-refractivity contribution in [2.75, 3.05) is 13.2 Å². The minimum Gasteiger partial charge on any atom is -0.373 e. The molecule has 1 atom stereocenters. The average molecular weight is 268 g/mol. The van der Waals surface area contributed by atoms with Crippen LogP contribution in [-0.4, -0.2) is 23.7 Å². The van der Waals surface area contributed by atoms with E-state index in [1.807, 2.05) is 13.8 Å². The van der Waals surface area contributed by atoms with Crippen LogP contribution in [0, 0.1) is 5.82 Å². The number of hydrogen-bond donors (Lipinski definition) is 1. The monoisotopic (exact) mass is 268 g/mol. The maximum Gasteiger partial charge on any atom is 0.141 e. The van der Waals surface area contributed by atoms with Gasteiger partial charge in [0.25, 0.3) is 0 Å². The molecule has 19 heavy (non-hydrogen) atoms. The predicted molar refractivity (Wildman–Crippen MR) is 75.6 cm³/mol. The first-order valence-electron chi connectivity index (χ1n) is 7.11. The molecule has 0 fully saturated rings. The van der Waals surface area contributed by atoms with Crippen LogP contribution < -0.4 is 5.32 Å². The van der Waals surface area contributed by atoms with Crippen molar-refractivity contribution in [2.24, 2.45) is 0 Å². The molecule has 1 N–H and O–H groups in total. The lowest BCUT2D eigenvalue weighted by molar-refractivity contribution is -0.0731. The lowest BCUT2D eigenvalue weighted by Gasteiger charge is -2.40. The molecule has 0 radical (unpaired) electrons. The maximum absolute atomic E-state index is 13.4. The SMILES string of the molecule is CCNC(c1cncc(F)c1)C(CC)(CC)OCC. The Balaban J connectivity index is 3.16. The van der Waals surface area contributed by atoms with Crippen molar-refractivity contribution in [3.8, 4) is 0 Å². The number of halogens is 1. The van der Waals surface area contributed by atoms with E-state index in [0.717, 1.165) is 24.9 Å². The quantitative estimate of drug-likeness (QED) is 0.784. The third-order valence-electron chi connectivity index (χ3n) is 3.62. The van der Waals surface area contributed by atoms with Gasteiger partial charge in [0.1, 0.15) is 5.82 Å². The summed E-state index contributed by atoms with van der Waals surface area (Å²) in [6, 6.07) is 1.50. The van der Waals surface area contributed by atoms with Gasteiger partial charge >= 0.3 is 0 Å². The van der Waals surface area contributed by atoms with Gasteiger partial charge in [0.2, 0.25) is 0 Å². The molecule has 0 amide bonds. The Morgan fingerprint density at radius 2 is 1.95 bits per heavy atom. The summed E-state index contributed by atoms with van der Waals surface area (Å²) in [7, 11) is 0. The molecule has 0 aliphatic carbocycles. The van der Waals surface area contributed by atoms with Gasteiger partial charge in [0, 0.05) is 12.8 Å². The summed E-state index contributed by atoms with van der Waals surface area (Å²) in [6.45, 7) is 9.70. The zero-order valence-electron chi connectivity index (χ0n) is 12.4. The molecule has 1 unspecified atom stereocenters. The lowest BCUT2D eigenvalue weighted by Crippen LogP contribution is -2.45. The standard InChI is InChI=1S/C15H25FN2O/c1-5-15(6-2,19-8-4)14(18-7-3)12-9-13(16)11-17-10-12/h9-11,14,18H,5-8H2,1-4H3. The average Bonchev–Trinajstić information content (AvgIpc) is 2.43. The zero-order chi connectivity index (χ0) is 14.3. The highest BCUT2D eigenvalue weighted by Crippen LogP contribution is 2.35. The second-order valence-electron chi connectivity index (χ2n) is 4.63. The van der Waals surface area contributed by atoms with Gasteiger partial charge < -0.3 is 10.1 Å². The Bertz CT molecular complexity index is 380. The van der Waals surface area contributed by atoms with E-state index in [9.17, 15) is 4.39 Å². The molecular weight excluding hydrogens is 243 g/mol. The highest BCUT2D eigenvalue weighted by Gasteiger charge is 2.37. The molecule has 0 spiro atoms. The van der Waals surface area contributed by atoms with E-state index >= 15 is 0 Å². The van der Waals surface area contributed by atoms with Crippen LogP contribution >= 0.6 is 0 Å². The highest BCUT2D eigenvalue weighted by molar-refractivity contribution is 5.19. The summed E-state index contributed by atoms with van der Waals surface area (Å²) in [6.07, 6.45) is 4.68. The van der Waals surface area contributed by atoms with Crippen LogP contribution in [0.3, 0.4) is 0 Å². The summed E-state index contributed by atoms with van der Waals surface area (Å²) in [4.78, 5) is 3.96. The summed E-state index contributed by atoms with van der Waals surface area (Å²) < 4.78 is 19.4. The molecule has 1 aromatic rings. The number of rotatable bonds is 8. The van der Waals surface area contributed by atoms with E-state index in [2.05, 4.69) is 24.1 Å². The van der Waals surface area contributed by atoms with E-state index in [0.29, 0.717) is 6.61 Å². The Morgan fingerprint density at radius 1 is 1.26 bits per heavy atom. The van der Waals surface area contributed by atoms with Gasteiger partial charge in [-0.3, -0.25) is 4.98 Å². The fraction of sp³-hybridized carbons (Fsp3) is 0.667. The minimum atomic E-state index is -0.319. The van der Waals surface area contributed by atoms with Crippen molar-refractivity contribution in [3.63, 3.8) is 0 Å². The van der Waals surface area contributed by atoms with Crippen molar-refractivity contribution < 1.29 is 9.13 Å². The minimum absolute atomic E-state index is 0.0457. The van der Waals surface area contributed by atoms with Crippen molar-refractivity contribution in [3.05, 3.63) is 29.8 Å². The van der Waals surface area contributed by atoms with Crippen molar-refractivity contribution in [2.45, 2.75) is 52.2 Å². The van der Waals surface area contributed by atoms with E-state index in [1.165, 1.54) is 6.20 Å². The molecule has 0 saturated heterocycles. The lowest BCUT2D eigenvalue weighted by atomic mass is 9.84. The molecule has 0 saturated carbocycles. The molecule has 4 heteroatoms. The molecule has 108 valence electrons. The first-order chi connectivity index (χ1) is 9.13. The summed E-state index contributed by atoms with van der Waals surface area (Å²) >= 11 is 0. The number of pyridine rings is 1. The number of nitrogens with zero attached hydrogens (tertiary/aromatic N) is 1. The summed E-state index contributed by atoms with van der Waals surface area (Å²) in [5.41, 5.74) is 0.527. The van der Waals surface area contributed by atoms with Gasteiger partial charge in [-0.2, -0.15) is 0 Å². The van der Waals surface area contributed by atoms with E-state index in [1.54, 1.807) is 12.3 Å². The number of ether oxygens (including phenoxy) is 1. The van der Waals surface area contributed by atoms with Crippen LogP contribution in [0.25, 0.3) is 0 Å². The van der Waals surface area contributed by atoms with E-state index < -0.39 is 0 Å². The van der Waals surface area contributed by atoms with E-state index in [-0.39, 0.29) is 17.5 Å². The largest absolute Gasteiger partial charge is 0.373 e. The molecule has 0 aliphatic heterocycles. The maximum atomic E-state index is 13.4. The number of hydrogen-bond acceptors (Lipinski definition) is 3. The molecule has 1 rings (SSSR count). The predicted octanol–water partition coefficient (Wildman–Crippen LogP) is 3.47. The van der Waals surface area contributed by atoms with Gasteiger partial charge in [0.05, 0.1) is 17.8 Å². The molecule has 1 aromatic heterocycles. The zero-order valence-corrected chi connectivity index (χ0v) is 12.4. The third-order valence-corrected chi connectivity index (χ3v) is 3.62. The molecule has 0 bridgehead atoms. The number of likely N-dealkylation sites (N-methyl/N-ethyl adjacent to an activating group) is 1. The molecular formula is C15H25FN2O. The first-order valence-corrected chi connectivity index (χ1v) is 7.11. The van der Waals surface area contributed by atoms with Crippen molar-refractivity contribution >= 4 is 0 Å². The van der Waals surface area contributed by atoms with Crippen LogP contribution in [0.4, 0.5) is 4.39 Å². The molecule has 0 aliphatic rings. The fourth-order valence-corrected chi connectivity index (χ4v) is 2.63. The first kappa shape index (κ1) is 16.1. The van der Waals surface area contributed by atoms with E-state index in [4.69, 9.17) is 4.74 Å². The van der Waals surface area contributed by atoms with Crippen LogP contribution in [0.2, 0.25) is 0 Å². The summed E-state index contributed by atoms with van der Waals surface area (Å²) in [5.74, 6) is -0.307. The van der Waals surface area contributed by atoms with Gasteiger partial charge in [-0.25, -0.2) is 4.39 Å². The molecule has 3 nitrogen and oxygen atoms in total.